The molecule has 6 atom stereocenters. The zero-order chi connectivity index (χ0) is 35.0. The van der Waals surface area contributed by atoms with E-state index in [0.29, 0.717) is 36.3 Å². The Balaban J connectivity index is 1.07. The van der Waals surface area contributed by atoms with Crippen LogP contribution in [-0.2, 0) is 39.3 Å². The van der Waals surface area contributed by atoms with E-state index in [1.54, 1.807) is 0 Å². The smallest absolute Gasteiger partial charge is 0.0224 e. The molecular formula is C45H66N6. The molecule has 51 heavy (non-hydrogen) atoms. The predicted octanol–water partition coefficient (Wildman–Crippen LogP) is 7.50. The van der Waals surface area contributed by atoms with Gasteiger partial charge in [-0.2, -0.15) is 0 Å². The number of rotatable bonds is 0. The third kappa shape index (κ3) is 9.90. The third-order valence-electron chi connectivity index (χ3n) is 12.9. The molecule has 3 saturated carbocycles. The molecule has 0 radical (unpaired) electrons. The molecule has 0 saturated heterocycles. The van der Waals surface area contributed by atoms with Gasteiger partial charge in [0, 0.05) is 75.5 Å². The summed E-state index contributed by atoms with van der Waals surface area (Å²) in [5.41, 5.74) is 12.7. The summed E-state index contributed by atoms with van der Waals surface area (Å²) in [5.74, 6) is 0. The summed E-state index contributed by atoms with van der Waals surface area (Å²) in [6, 6.07) is 24.5. The number of nitrogens with one attached hydrogen (secondary N) is 6. The van der Waals surface area contributed by atoms with Crippen molar-refractivity contribution in [1.82, 2.24) is 31.9 Å². The molecule has 3 aromatic carbocycles. The van der Waals surface area contributed by atoms with Gasteiger partial charge >= 0.3 is 0 Å². The van der Waals surface area contributed by atoms with Gasteiger partial charge in [0.2, 0.25) is 0 Å². The standard InChI is InChI=1S/C45H66N6/c1-31-22-34-16-19-37(31)28-49-43-13-7-4-10-40(43)47-26-35-17-20-39(32(2)23-35)30-51-45-15-9-6-12-42(45)48-27-36-18-21-38(33(3)24-36)29-50-44-14-8-5-11-41(44)46-25-34/h16-24,40-51H,4-15,25-30H2,1-3H3/t40-,41-,42-,43-,44-,45-/m1/s1. The van der Waals surface area contributed by atoms with Gasteiger partial charge in [0.05, 0.1) is 0 Å². The largest absolute Gasteiger partial charge is 0.308 e. The molecule has 6 N–H and O–H groups in total. The van der Waals surface area contributed by atoms with Crippen molar-refractivity contribution in [2.45, 2.75) is 173 Å². The summed E-state index contributed by atoms with van der Waals surface area (Å²) < 4.78 is 0. The first-order valence-electron chi connectivity index (χ1n) is 20.6. The Morgan fingerprint density at radius 1 is 0.333 bits per heavy atom. The Labute approximate surface area is 309 Å². The first-order chi connectivity index (χ1) is 25.0. The Bertz CT molecular complexity index is 1380. The van der Waals surface area contributed by atoms with Crippen LogP contribution in [0.3, 0.4) is 0 Å². The summed E-state index contributed by atoms with van der Waals surface area (Å²) in [5, 5.41) is 23.9. The molecular weight excluding hydrogens is 625 g/mol. The summed E-state index contributed by atoms with van der Waals surface area (Å²) in [6.07, 6.45) is 15.4. The molecule has 6 aliphatic heterocycles. The maximum Gasteiger partial charge on any atom is 0.0224 e. The molecule has 0 spiro atoms. The van der Waals surface area contributed by atoms with Gasteiger partial charge in [-0.1, -0.05) is 93.1 Å². The molecule has 3 fully saturated rings. The molecule has 6 nitrogen and oxygen atoms in total. The van der Waals surface area contributed by atoms with Gasteiger partial charge in [-0.05, 0) is 109 Å². The minimum atomic E-state index is 0.513. The molecule has 12 rings (SSSR count). The second-order valence-electron chi connectivity index (χ2n) is 16.6. The zero-order valence-corrected chi connectivity index (χ0v) is 31.9. The maximum absolute atomic E-state index is 3.99. The average molecular weight is 691 g/mol. The van der Waals surface area contributed by atoms with E-state index in [2.05, 4.69) is 107 Å². The predicted molar refractivity (Wildman–Crippen MR) is 213 cm³/mol. The molecule has 0 unspecified atom stereocenters. The van der Waals surface area contributed by atoms with Crippen LogP contribution in [0.25, 0.3) is 0 Å². The summed E-state index contributed by atoms with van der Waals surface area (Å²) >= 11 is 0. The van der Waals surface area contributed by atoms with E-state index in [1.807, 2.05) is 0 Å². The lowest BCUT2D eigenvalue weighted by molar-refractivity contribution is 0.280. The fourth-order valence-electron chi connectivity index (χ4n) is 9.53. The fourth-order valence-corrected chi connectivity index (χ4v) is 9.53. The van der Waals surface area contributed by atoms with Crippen LogP contribution in [-0.4, -0.2) is 36.3 Å². The number of hydrogen-bond donors (Lipinski definition) is 6. The molecule has 0 aromatic heterocycles. The lowest BCUT2D eigenvalue weighted by Gasteiger charge is -2.34. The minimum Gasteiger partial charge on any atom is -0.308 e. The Kier molecular flexibility index (Phi) is 12.9. The van der Waals surface area contributed by atoms with Crippen molar-refractivity contribution in [3.8, 4) is 0 Å². The fraction of sp³-hybridized carbons (Fsp3) is 0.600. The second-order valence-corrected chi connectivity index (χ2v) is 16.6. The van der Waals surface area contributed by atoms with E-state index in [4.69, 9.17) is 0 Å². The topological polar surface area (TPSA) is 72.2 Å². The highest BCUT2D eigenvalue weighted by atomic mass is 15.0. The third-order valence-corrected chi connectivity index (χ3v) is 12.9. The quantitative estimate of drug-likeness (QED) is 0.147. The SMILES string of the molecule is Cc1cc2ccc1CN[C@@H]1CCCC[C@H]1NCc1ccc(c(C)c1)CN[C@@H]1CCCC[C@H]1NCc1ccc(c(C)c1)CN[C@@H]1CCCC[C@H]1NC2. The number of hydrogen-bond acceptors (Lipinski definition) is 6. The molecule has 3 aliphatic carbocycles. The van der Waals surface area contributed by atoms with Gasteiger partial charge < -0.3 is 31.9 Å². The van der Waals surface area contributed by atoms with Gasteiger partial charge in [0.1, 0.15) is 0 Å². The molecule has 3 aromatic rings. The van der Waals surface area contributed by atoms with Crippen molar-refractivity contribution in [3.63, 3.8) is 0 Å². The van der Waals surface area contributed by atoms with Crippen LogP contribution in [0.15, 0.2) is 54.6 Å². The van der Waals surface area contributed by atoms with Crippen LogP contribution < -0.4 is 31.9 Å². The van der Waals surface area contributed by atoms with Gasteiger partial charge in [-0.3, -0.25) is 0 Å². The Hall–Kier alpha value is -2.58. The highest BCUT2D eigenvalue weighted by Crippen LogP contribution is 2.24. The maximum atomic E-state index is 3.99. The van der Waals surface area contributed by atoms with Crippen molar-refractivity contribution >= 4 is 0 Å². The number of aryl methyl sites for hydroxylation is 3. The summed E-state index contributed by atoms with van der Waals surface area (Å²) in [7, 11) is 0. The van der Waals surface area contributed by atoms with Crippen molar-refractivity contribution < 1.29 is 0 Å². The Morgan fingerprint density at radius 2 is 0.569 bits per heavy atom. The van der Waals surface area contributed by atoms with E-state index in [9.17, 15) is 0 Å². The van der Waals surface area contributed by atoms with Crippen molar-refractivity contribution in [2.24, 2.45) is 0 Å². The van der Waals surface area contributed by atoms with Crippen LogP contribution in [0.1, 0.15) is 127 Å². The summed E-state index contributed by atoms with van der Waals surface area (Å²) in [6.45, 7) is 12.5. The van der Waals surface area contributed by atoms with Crippen molar-refractivity contribution in [2.75, 3.05) is 0 Å². The normalized spacial score (nSPS) is 28.8. The van der Waals surface area contributed by atoms with Crippen molar-refractivity contribution in [1.29, 1.82) is 0 Å². The molecule has 276 valence electrons. The summed E-state index contributed by atoms with van der Waals surface area (Å²) in [4.78, 5) is 0. The van der Waals surface area contributed by atoms with Crippen LogP contribution in [0, 0.1) is 20.8 Å². The molecule has 9 aliphatic rings. The lowest BCUT2D eigenvalue weighted by Crippen LogP contribution is -2.49. The van der Waals surface area contributed by atoms with Crippen LogP contribution >= 0.6 is 0 Å². The molecule has 0 amide bonds. The van der Waals surface area contributed by atoms with E-state index in [-0.39, 0.29) is 0 Å². The Morgan fingerprint density at radius 3 is 0.804 bits per heavy atom. The van der Waals surface area contributed by atoms with Crippen LogP contribution in [0.4, 0.5) is 0 Å². The van der Waals surface area contributed by atoms with Crippen LogP contribution in [0.2, 0.25) is 0 Å². The van der Waals surface area contributed by atoms with E-state index < -0.39 is 0 Å². The zero-order valence-electron chi connectivity index (χ0n) is 31.9. The van der Waals surface area contributed by atoms with Gasteiger partial charge in [-0.15, -0.1) is 0 Å². The van der Waals surface area contributed by atoms with E-state index in [0.717, 1.165) is 39.3 Å². The highest BCUT2D eigenvalue weighted by Gasteiger charge is 2.27. The monoisotopic (exact) mass is 691 g/mol. The van der Waals surface area contributed by atoms with E-state index >= 15 is 0 Å². The minimum absolute atomic E-state index is 0.513. The first-order valence-corrected chi connectivity index (χ1v) is 20.6. The van der Waals surface area contributed by atoms with Gasteiger partial charge in [0.25, 0.3) is 0 Å². The molecule has 6 heterocycles. The van der Waals surface area contributed by atoms with Gasteiger partial charge in [0.15, 0.2) is 0 Å². The lowest BCUT2D eigenvalue weighted by atomic mass is 9.89. The highest BCUT2D eigenvalue weighted by molar-refractivity contribution is 5.33. The average Bonchev–Trinajstić information content (AvgIpc) is 3.15. The second kappa shape index (κ2) is 18.0. The first kappa shape index (κ1) is 36.8. The van der Waals surface area contributed by atoms with Gasteiger partial charge in [-0.25, -0.2) is 0 Å². The van der Waals surface area contributed by atoms with Crippen molar-refractivity contribution in [3.05, 3.63) is 105 Å². The number of benzene rings is 3. The van der Waals surface area contributed by atoms with Crippen LogP contribution in [0.5, 0.6) is 0 Å². The molecule has 6 bridgehead atoms. The van der Waals surface area contributed by atoms with E-state index in [1.165, 1.54) is 127 Å². The molecule has 6 heteroatoms.